The predicted octanol–water partition coefficient (Wildman–Crippen LogP) is 5.00. The van der Waals surface area contributed by atoms with E-state index < -0.39 is 0 Å². The van der Waals surface area contributed by atoms with Crippen molar-refractivity contribution in [3.05, 3.63) is 57.6 Å². The third-order valence-corrected chi connectivity index (χ3v) is 5.38. The van der Waals surface area contributed by atoms with E-state index in [1.54, 1.807) is 12.1 Å². The minimum absolute atomic E-state index is 0.191. The molecule has 2 aromatic carbocycles. The van der Waals surface area contributed by atoms with Gasteiger partial charge >= 0.3 is 0 Å². The van der Waals surface area contributed by atoms with Crippen molar-refractivity contribution in [1.29, 1.82) is 0 Å². The van der Waals surface area contributed by atoms with Crippen LogP contribution in [-0.4, -0.2) is 16.0 Å². The molecule has 0 atom stereocenters. The molecular formula is C18H16ClN3OS2. The summed E-state index contributed by atoms with van der Waals surface area (Å²) in [6.45, 7) is 5.98. The Hall–Kier alpha value is -2.02. The van der Waals surface area contributed by atoms with E-state index in [0.717, 1.165) is 26.9 Å². The number of anilines is 1. The molecule has 0 fully saturated rings. The molecule has 0 aliphatic heterocycles. The highest BCUT2D eigenvalue weighted by molar-refractivity contribution is 7.80. The molecule has 0 unspecified atom stereocenters. The van der Waals surface area contributed by atoms with Gasteiger partial charge in [-0.1, -0.05) is 41.1 Å². The topological polar surface area (TPSA) is 54.0 Å². The first-order valence-electron chi connectivity index (χ1n) is 7.60. The molecule has 0 bridgehead atoms. The number of carbonyl (C=O) groups excluding carboxylic acids is 1. The van der Waals surface area contributed by atoms with Crippen LogP contribution in [0.2, 0.25) is 5.02 Å². The summed E-state index contributed by atoms with van der Waals surface area (Å²) in [6, 6.07) is 9.36. The van der Waals surface area contributed by atoms with E-state index in [-0.39, 0.29) is 11.0 Å². The van der Waals surface area contributed by atoms with Crippen molar-refractivity contribution in [3.8, 4) is 0 Å². The van der Waals surface area contributed by atoms with Gasteiger partial charge in [-0.25, -0.2) is 4.98 Å². The normalized spacial score (nSPS) is 10.7. The van der Waals surface area contributed by atoms with E-state index in [2.05, 4.69) is 21.7 Å². The summed E-state index contributed by atoms with van der Waals surface area (Å²) in [5.74, 6) is -0.351. The number of benzene rings is 2. The maximum Gasteiger partial charge on any atom is 0.258 e. The summed E-state index contributed by atoms with van der Waals surface area (Å²) in [5.41, 5.74) is 4.58. The van der Waals surface area contributed by atoms with Gasteiger partial charge in [0.15, 0.2) is 10.2 Å². The van der Waals surface area contributed by atoms with E-state index in [9.17, 15) is 4.79 Å². The van der Waals surface area contributed by atoms with E-state index in [1.807, 2.05) is 32.9 Å². The van der Waals surface area contributed by atoms with Gasteiger partial charge in [-0.05, 0) is 61.8 Å². The number of carbonyl (C=O) groups is 1. The number of amides is 1. The van der Waals surface area contributed by atoms with Crippen molar-refractivity contribution in [3.63, 3.8) is 0 Å². The highest BCUT2D eigenvalue weighted by Crippen LogP contribution is 2.30. The Morgan fingerprint density at radius 2 is 1.88 bits per heavy atom. The molecule has 0 spiro atoms. The average Bonchev–Trinajstić information content (AvgIpc) is 2.95. The van der Waals surface area contributed by atoms with Gasteiger partial charge in [0.05, 0.1) is 20.8 Å². The van der Waals surface area contributed by atoms with Crippen LogP contribution in [-0.2, 0) is 0 Å². The molecule has 0 saturated heterocycles. The van der Waals surface area contributed by atoms with Crippen molar-refractivity contribution in [1.82, 2.24) is 10.3 Å². The number of thiocarbonyl (C=S) groups is 1. The number of aryl methyl sites for hydroxylation is 3. The second-order valence-electron chi connectivity index (χ2n) is 5.79. The number of halogens is 1. The van der Waals surface area contributed by atoms with Gasteiger partial charge < -0.3 is 5.32 Å². The zero-order valence-electron chi connectivity index (χ0n) is 13.9. The number of rotatable bonds is 2. The Bertz CT molecular complexity index is 958. The number of hydrogen-bond donors (Lipinski definition) is 2. The largest absolute Gasteiger partial charge is 0.308 e. The summed E-state index contributed by atoms with van der Waals surface area (Å²) >= 11 is 12.9. The van der Waals surface area contributed by atoms with Crippen LogP contribution < -0.4 is 10.6 Å². The first-order valence-corrected chi connectivity index (χ1v) is 9.20. The molecule has 0 saturated carbocycles. The standard InChI is InChI=1S/C18H16ClN3OS2/c1-9-4-7-12(13(19)8-9)16(23)21-17(24)22-18-20-14-10(2)5-6-11(3)15(14)25-18/h4-8H,1-3H3,(H2,20,21,22,23,24). The molecule has 3 aromatic rings. The quantitative estimate of drug-likeness (QED) is 0.605. The highest BCUT2D eigenvalue weighted by Gasteiger charge is 2.14. The van der Waals surface area contributed by atoms with Crippen LogP contribution in [0.1, 0.15) is 27.0 Å². The monoisotopic (exact) mass is 389 g/mol. The molecule has 3 rings (SSSR count). The van der Waals surface area contributed by atoms with Crippen LogP contribution in [0.5, 0.6) is 0 Å². The lowest BCUT2D eigenvalue weighted by Crippen LogP contribution is -2.34. The second kappa shape index (κ2) is 7.07. The number of aromatic nitrogens is 1. The Morgan fingerprint density at radius 3 is 2.56 bits per heavy atom. The van der Waals surface area contributed by atoms with Crippen LogP contribution >= 0.6 is 35.2 Å². The van der Waals surface area contributed by atoms with Crippen molar-refractivity contribution in [2.75, 3.05) is 5.32 Å². The van der Waals surface area contributed by atoms with Crippen molar-refractivity contribution < 1.29 is 4.79 Å². The summed E-state index contributed by atoms with van der Waals surface area (Å²) in [4.78, 5) is 16.9. The molecule has 2 N–H and O–H groups in total. The fourth-order valence-corrected chi connectivity index (χ4v) is 4.01. The molecule has 4 nitrogen and oxygen atoms in total. The van der Waals surface area contributed by atoms with Crippen LogP contribution in [0.3, 0.4) is 0 Å². The number of nitrogens with zero attached hydrogens (tertiary/aromatic N) is 1. The Labute approximate surface area is 160 Å². The third-order valence-electron chi connectivity index (χ3n) is 3.76. The summed E-state index contributed by atoms with van der Waals surface area (Å²) in [5, 5.41) is 6.86. The molecule has 0 aliphatic rings. The van der Waals surface area contributed by atoms with E-state index >= 15 is 0 Å². The van der Waals surface area contributed by atoms with Crippen molar-refractivity contribution >= 4 is 61.5 Å². The molecule has 25 heavy (non-hydrogen) atoms. The fourth-order valence-electron chi connectivity index (χ4n) is 2.42. The molecule has 0 aliphatic carbocycles. The van der Waals surface area contributed by atoms with Gasteiger partial charge in [0.25, 0.3) is 5.91 Å². The van der Waals surface area contributed by atoms with Crippen molar-refractivity contribution in [2.45, 2.75) is 20.8 Å². The van der Waals surface area contributed by atoms with E-state index in [1.165, 1.54) is 11.3 Å². The summed E-state index contributed by atoms with van der Waals surface area (Å²) < 4.78 is 1.11. The molecular weight excluding hydrogens is 374 g/mol. The number of hydrogen-bond acceptors (Lipinski definition) is 4. The Morgan fingerprint density at radius 1 is 1.16 bits per heavy atom. The van der Waals surface area contributed by atoms with Gasteiger partial charge in [0.1, 0.15) is 0 Å². The summed E-state index contributed by atoms with van der Waals surface area (Å²) in [7, 11) is 0. The SMILES string of the molecule is Cc1ccc(C(=O)NC(=S)Nc2nc3c(C)ccc(C)c3s2)c(Cl)c1. The van der Waals surface area contributed by atoms with Crippen molar-refractivity contribution in [2.24, 2.45) is 0 Å². The average molecular weight is 390 g/mol. The maximum atomic E-state index is 12.3. The van der Waals surface area contributed by atoms with Gasteiger partial charge in [-0.2, -0.15) is 0 Å². The fraction of sp³-hybridized carbons (Fsp3) is 0.167. The lowest BCUT2D eigenvalue weighted by Gasteiger charge is -2.08. The Balaban J connectivity index is 1.75. The minimum Gasteiger partial charge on any atom is -0.308 e. The molecule has 128 valence electrons. The van der Waals surface area contributed by atoms with Gasteiger partial charge in [-0.15, -0.1) is 0 Å². The van der Waals surface area contributed by atoms with E-state index in [0.29, 0.717) is 15.7 Å². The first-order chi connectivity index (χ1) is 11.8. The van der Waals surface area contributed by atoms with Gasteiger partial charge in [-0.3, -0.25) is 10.1 Å². The van der Waals surface area contributed by atoms with Crippen LogP contribution in [0, 0.1) is 20.8 Å². The lowest BCUT2D eigenvalue weighted by atomic mass is 10.1. The molecule has 1 aromatic heterocycles. The van der Waals surface area contributed by atoms with E-state index in [4.69, 9.17) is 23.8 Å². The third kappa shape index (κ3) is 3.81. The first kappa shape index (κ1) is 17.8. The number of nitrogens with one attached hydrogen (secondary N) is 2. The molecule has 1 amide bonds. The van der Waals surface area contributed by atoms with Gasteiger partial charge in [0, 0.05) is 0 Å². The summed E-state index contributed by atoms with van der Waals surface area (Å²) in [6.07, 6.45) is 0. The smallest absolute Gasteiger partial charge is 0.258 e. The predicted molar refractivity (Wildman–Crippen MR) is 109 cm³/mol. The van der Waals surface area contributed by atoms with Gasteiger partial charge in [0.2, 0.25) is 0 Å². The lowest BCUT2D eigenvalue weighted by molar-refractivity contribution is 0.0978. The maximum absolute atomic E-state index is 12.3. The highest BCUT2D eigenvalue weighted by atomic mass is 35.5. The zero-order chi connectivity index (χ0) is 18.1. The Kier molecular flexibility index (Phi) is 5.03. The van der Waals surface area contributed by atoms with Crippen LogP contribution in [0.15, 0.2) is 30.3 Å². The van der Waals surface area contributed by atoms with Crippen LogP contribution in [0.25, 0.3) is 10.2 Å². The molecule has 0 radical (unpaired) electrons. The molecule has 1 heterocycles. The zero-order valence-corrected chi connectivity index (χ0v) is 16.3. The molecule has 7 heteroatoms. The second-order valence-corrected chi connectivity index (χ2v) is 7.60. The number of thiazole rings is 1. The minimum atomic E-state index is -0.351. The number of fused-ring (bicyclic) bond motifs is 1. The van der Waals surface area contributed by atoms with Crippen LogP contribution in [0.4, 0.5) is 5.13 Å².